The first-order valence-electron chi connectivity index (χ1n) is 7.90. The Bertz CT molecular complexity index is 815. The predicted molar refractivity (Wildman–Crippen MR) is 107 cm³/mol. The van der Waals surface area contributed by atoms with Gasteiger partial charge in [0.2, 0.25) is 0 Å². The Morgan fingerprint density at radius 2 is 1.96 bits per heavy atom. The molecule has 0 radical (unpaired) electrons. The molecule has 0 spiro atoms. The topological polar surface area (TPSA) is 70.9 Å². The van der Waals surface area contributed by atoms with Crippen molar-refractivity contribution in [3.8, 4) is 11.5 Å². The van der Waals surface area contributed by atoms with E-state index in [0.717, 1.165) is 0 Å². The van der Waals surface area contributed by atoms with E-state index < -0.39 is 5.91 Å². The molecule has 2 rings (SSSR count). The molecule has 7 heteroatoms. The number of halogens is 2. The Morgan fingerprint density at radius 3 is 2.58 bits per heavy atom. The minimum atomic E-state index is -0.415. The molecule has 0 aromatic heterocycles. The van der Waals surface area contributed by atoms with Gasteiger partial charge in [0.25, 0.3) is 5.91 Å². The zero-order valence-electron chi connectivity index (χ0n) is 14.7. The number of hydrazone groups is 1. The van der Waals surface area contributed by atoms with Crippen LogP contribution in [0.2, 0.25) is 5.02 Å². The summed E-state index contributed by atoms with van der Waals surface area (Å²) >= 11 is 9.14. The summed E-state index contributed by atoms with van der Waals surface area (Å²) in [6, 6.07) is 10.8. The lowest BCUT2D eigenvalue weighted by Crippen LogP contribution is -2.24. The van der Waals surface area contributed by atoms with E-state index in [9.17, 15) is 9.90 Å². The van der Waals surface area contributed by atoms with Crippen LogP contribution in [0.25, 0.3) is 0 Å². The lowest BCUT2D eigenvalue weighted by Gasteiger charge is -2.19. The molecule has 0 saturated heterocycles. The lowest BCUT2D eigenvalue weighted by molar-refractivity contribution is -0.123. The number of phenols is 1. The molecule has 1 amide bonds. The highest BCUT2D eigenvalue weighted by atomic mass is 79.9. The number of carbonyl (C=O) groups is 1. The average Bonchev–Trinajstić information content (AvgIpc) is 2.57. The molecule has 0 atom stereocenters. The van der Waals surface area contributed by atoms with Gasteiger partial charge in [-0.25, -0.2) is 5.43 Å². The van der Waals surface area contributed by atoms with Gasteiger partial charge in [0.1, 0.15) is 11.5 Å². The van der Waals surface area contributed by atoms with Crippen molar-refractivity contribution in [2.75, 3.05) is 6.61 Å². The smallest absolute Gasteiger partial charge is 0.277 e. The molecular weight excluding hydrogens is 420 g/mol. The predicted octanol–water partition coefficient (Wildman–Crippen LogP) is 4.63. The molecule has 0 aliphatic carbocycles. The van der Waals surface area contributed by atoms with Gasteiger partial charge in [-0.3, -0.25) is 4.79 Å². The molecular formula is C19H20BrClN2O3. The van der Waals surface area contributed by atoms with Crippen molar-refractivity contribution < 1.29 is 14.6 Å². The van der Waals surface area contributed by atoms with Crippen LogP contribution in [0.1, 0.15) is 31.9 Å². The van der Waals surface area contributed by atoms with E-state index in [0.29, 0.717) is 15.8 Å². The number of hydrogen-bond donors (Lipinski definition) is 2. The zero-order chi connectivity index (χ0) is 19.3. The van der Waals surface area contributed by atoms with E-state index in [1.807, 2.05) is 24.3 Å². The summed E-state index contributed by atoms with van der Waals surface area (Å²) in [5, 5.41) is 13.8. The summed E-state index contributed by atoms with van der Waals surface area (Å²) in [6.45, 7) is 6.22. The molecule has 2 N–H and O–H groups in total. The quantitative estimate of drug-likeness (QED) is 0.527. The van der Waals surface area contributed by atoms with Crippen molar-refractivity contribution in [3.05, 3.63) is 57.0 Å². The number of aromatic hydroxyl groups is 1. The number of ether oxygens (including phenoxy) is 1. The normalized spacial score (nSPS) is 11.6. The molecule has 0 heterocycles. The second-order valence-electron chi connectivity index (χ2n) is 6.68. The first-order chi connectivity index (χ1) is 12.2. The number of phenolic OH excluding ortho intramolecular Hbond substituents is 1. The highest BCUT2D eigenvalue weighted by molar-refractivity contribution is 9.10. The maximum atomic E-state index is 11.8. The second-order valence-corrected chi connectivity index (χ2v) is 8.00. The van der Waals surface area contributed by atoms with Crippen molar-refractivity contribution in [2.24, 2.45) is 5.10 Å². The van der Waals surface area contributed by atoms with Crippen LogP contribution >= 0.6 is 27.5 Å². The largest absolute Gasteiger partial charge is 0.506 e. The van der Waals surface area contributed by atoms with Crippen LogP contribution in [0.4, 0.5) is 0 Å². The summed E-state index contributed by atoms with van der Waals surface area (Å²) in [5.74, 6) is 0.0818. The van der Waals surface area contributed by atoms with E-state index in [1.54, 1.807) is 12.1 Å². The summed E-state index contributed by atoms with van der Waals surface area (Å²) < 4.78 is 6.13. The SMILES string of the molecule is CC(C)(C)c1ccc(OCC(=O)N/N=C\c2cc(Br)cc(Cl)c2O)cc1. The molecule has 2 aromatic rings. The first kappa shape index (κ1) is 20.3. The fourth-order valence-corrected chi connectivity index (χ4v) is 2.92. The average molecular weight is 440 g/mol. The molecule has 0 fully saturated rings. The van der Waals surface area contributed by atoms with Gasteiger partial charge in [0.05, 0.1) is 11.2 Å². The van der Waals surface area contributed by atoms with Gasteiger partial charge in [0, 0.05) is 10.0 Å². The van der Waals surface area contributed by atoms with Crippen LogP contribution in [0.15, 0.2) is 46.0 Å². The van der Waals surface area contributed by atoms with Gasteiger partial charge in [-0.2, -0.15) is 5.10 Å². The highest BCUT2D eigenvalue weighted by Gasteiger charge is 2.13. The van der Waals surface area contributed by atoms with Gasteiger partial charge in [-0.1, -0.05) is 60.4 Å². The number of benzene rings is 2. The van der Waals surface area contributed by atoms with E-state index in [4.69, 9.17) is 16.3 Å². The van der Waals surface area contributed by atoms with Crippen LogP contribution in [0, 0.1) is 0 Å². The third kappa shape index (κ3) is 5.75. The number of amides is 1. The molecule has 2 aromatic carbocycles. The van der Waals surface area contributed by atoms with E-state index in [2.05, 4.69) is 47.2 Å². The second kappa shape index (κ2) is 8.56. The van der Waals surface area contributed by atoms with Crippen molar-refractivity contribution in [3.63, 3.8) is 0 Å². The standard InChI is InChI=1S/C19H20BrClN2O3/c1-19(2,3)13-4-6-15(7-5-13)26-11-17(24)23-22-10-12-8-14(20)9-16(21)18(12)25/h4-10,25H,11H2,1-3H3,(H,23,24)/b22-10-. The zero-order valence-corrected chi connectivity index (χ0v) is 17.1. The summed E-state index contributed by atoms with van der Waals surface area (Å²) in [7, 11) is 0. The van der Waals surface area contributed by atoms with Crippen molar-refractivity contribution in [1.82, 2.24) is 5.43 Å². The van der Waals surface area contributed by atoms with Gasteiger partial charge in [0.15, 0.2) is 6.61 Å². The Hall–Kier alpha value is -2.05. The maximum absolute atomic E-state index is 11.8. The number of rotatable bonds is 5. The van der Waals surface area contributed by atoms with Crippen molar-refractivity contribution in [2.45, 2.75) is 26.2 Å². The van der Waals surface area contributed by atoms with Gasteiger partial charge >= 0.3 is 0 Å². The Kier molecular flexibility index (Phi) is 6.67. The van der Waals surface area contributed by atoms with E-state index in [-0.39, 0.29) is 22.8 Å². The molecule has 26 heavy (non-hydrogen) atoms. The monoisotopic (exact) mass is 438 g/mol. The molecule has 0 saturated carbocycles. The molecule has 0 aliphatic rings. The van der Waals surface area contributed by atoms with Gasteiger partial charge in [-0.15, -0.1) is 0 Å². The number of carbonyl (C=O) groups excluding carboxylic acids is 1. The molecule has 0 unspecified atom stereocenters. The molecule has 0 bridgehead atoms. The fourth-order valence-electron chi connectivity index (χ4n) is 2.09. The fraction of sp³-hybridized carbons (Fsp3) is 0.263. The number of nitrogens with one attached hydrogen (secondary N) is 1. The Labute approximate surface area is 166 Å². The van der Waals surface area contributed by atoms with Crippen LogP contribution in [-0.2, 0) is 10.2 Å². The van der Waals surface area contributed by atoms with E-state index >= 15 is 0 Å². The molecule has 5 nitrogen and oxygen atoms in total. The van der Waals surface area contributed by atoms with Gasteiger partial charge < -0.3 is 9.84 Å². The highest BCUT2D eigenvalue weighted by Crippen LogP contribution is 2.30. The van der Waals surface area contributed by atoms with Crippen LogP contribution < -0.4 is 10.2 Å². The lowest BCUT2D eigenvalue weighted by atomic mass is 9.87. The molecule has 138 valence electrons. The van der Waals surface area contributed by atoms with Crippen LogP contribution in [0.3, 0.4) is 0 Å². The summed E-state index contributed by atoms with van der Waals surface area (Å²) in [6.07, 6.45) is 1.31. The third-order valence-electron chi connectivity index (χ3n) is 3.54. The molecule has 0 aliphatic heterocycles. The first-order valence-corrected chi connectivity index (χ1v) is 9.07. The Balaban J connectivity index is 1.88. The van der Waals surface area contributed by atoms with E-state index in [1.165, 1.54) is 11.8 Å². The van der Waals surface area contributed by atoms with Gasteiger partial charge in [-0.05, 0) is 35.2 Å². The van der Waals surface area contributed by atoms with Crippen molar-refractivity contribution >= 4 is 39.7 Å². The van der Waals surface area contributed by atoms with Crippen LogP contribution in [-0.4, -0.2) is 23.8 Å². The maximum Gasteiger partial charge on any atom is 0.277 e. The summed E-state index contributed by atoms with van der Waals surface area (Å²) in [4.78, 5) is 11.8. The minimum absolute atomic E-state index is 0.0610. The minimum Gasteiger partial charge on any atom is -0.506 e. The third-order valence-corrected chi connectivity index (χ3v) is 4.29. The Morgan fingerprint density at radius 1 is 1.31 bits per heavy atom. The summed E-state index contributed by atoms with van der Waals surface area (Å²) in [5.41, 5.74) is 3.96. The number of hydrogen-bond acceptors (Lipinski definition) is 4. The van der Waals surface area contributed by atoms with Crippen LogP contribution in [0.5, 0.6) is 11.5 Å². The van der Waals surface area contributed by atoms with Crippen molar-refractivity contribution in [1.29, 1.82) is 0 Å². The number of nitrogens with zero attached hydrogens (tertiary/aromatic N) is 1.